The zero-order valence-electron chi connectivity index (χ0n) is 12.2. The van der Waals surface area contributed by atoms with E-state index >= 15 is 0 Å². The van der Waals surface area contributed by atoms with Gasteiger partial charge >= 0.3 is 6.18 Å². The fraction of sp³-hybridized carbons (Fsp3) is 0.429. The summed E-state index contributed by atoms with van der Waals surface area (Å²) in [6.45, 7) is 0.392. The molecule has 0 unspecified atom stereocenters. The molecular weight excluding hydrogens is 313 g/mol. The summed E-state index contributed by atoms with van der Waals surface area (Å²) in [4.78, 5) is 5.19. The Bertz CT molecular complexity index is 689. The van der Waals surface area contributed by atoms with Crippen molar-refractivity contribution in [1.82, 2.24) is 14.8 Å². The first kappa shape index (κ1) is 15.6. The maximum absolute atomic E-state index is 12.7. The van der Waals surface area contributed by atoms with Crippen LogP contribution < -0.4 is 9.64 Å². The summed E-state index contributed by atoms with van der Waals surface area (Å²) in [5.74, 6) is 0.659. The highest BCUT2D eigenvalue weighted by Gasteiger charge is 2.36. The number of rotatable bonds is 3. The highest BCUT2D eigenvalue weighted by molar-refractivity contribution is 5.42. The van der Waals surface area contributed by atoms with Crippen LogP contribution in [-0.4, -0.2) is 45.2 Å². The lowest BCUT2D eigenvalue weighted by molar-refractivity contribution is -0.141. The second-order valence-electron chi connectivity index (χ2n) is 5.36. The van der Waals surface area contributed by atoms with E-state index in [1.54, 1.807) is 22.8 Å². The molecule has 0 spiro atoms. The van der Waals surface area contributed by atoms with Crippen LogP contribution in [-0.2, 0) is 13.2 Å². The van der Waals surface area contributed by atoms with Crippen LogP contribution in [0.25, 0.3) is 0 Å². The Morgan fingerprint density at radius 2 is 2.09 bits per heavy atom. The molecule has 1 aliphatic rings. The first-order valence-corrected chi connectivity index (χ1v) is 6.95. The van der Waals surface area contributed by atoms with Gasteiger partial charge in [0.05, 0.1) is 18.9 Å². The molecule has 1 aliphatic heterocycles. The largest absolute Gasteiger partial charge is 0.482 e. The van der Waals surface area contributed by atoms with E-state index in [1.165, 1.54) is 18.3 Å². The minimum absolute atomic E-state index is 0.152. The van der Waals surface area contributed by atoms with E-state index in [0.717, 1.165) is 6.07 Å². The van der Waals surface area contributed by atoms with Crippen LogP contribution in [0.15, 0.2) is 30.6 Å². The Morgan fingerprint density at radius 3 is 2.74 bits per heavy atom. The molecule has 3 heterocycles. The Hall–Kier alpha value is -2.29. The number of ether oxygens (including phenoxy) is 1. The maximum Gasteiger partial charge on any atom is 0.433 e. The van der Waals surface area contributed by atoms with Crippen LogP contribution in [0, 0.1) is 0 Å². The fourth-order valence-corrected chi connectivity index (χ4v) is 2.45. The van der Waals surface area contributed by atoms with Gasteiger partial charge in [0.15, 0.2) is 5.75 Å². The number of aromatic nitrogens is 3. The molecule has 1 saturated heterocycles. The van der Waals surface area contributed by atoms with E-state index in [-0.39, 0.29) is 18.9 Å². The van der Waals surface area contributed by atoms with Crippen molar-refractivity contribution in [2.75, 3.05) is 18.0 Å². The molecular formula is C14H15F3N4O2. The summed E-state index contributed by atoms with van der Waals surface area (Å²) >= 11 is 0. The average Bonchev–Trinajstić information content (AvgIpc) is 3.05. The molecule has 0 saturated carbocycles. The predicted molar refractivity (Wildman–Crippen MR) is 75.1 cm³/mol. The van der Waals surface area contributed by atoms with Gasteiger partial charge < -0.3 is 14.7 Å². The lowest BCUT2D eigenvalue weighted by Crippen LogP contribution is -2.29. The Labute approximate surface area is 130 Å². The van der Waals surface area contributed by atoms with Crippen LogP contribution in [0.3, 0.4) is 0 Å². The molecule has 0 bridgehead atoms. The summed E-state index contributed by atoms with van der Waals surface area (Å²) in [6, 6.07) is 3.70. The quantitative estimate of drug-likeness (QED) is 0.924. The zero-order valence-corrected chi connectivity index (χ0v) is 12.2. The minimum Gasteiger partial charge on any atom is -0.482 e. The smallest absolute Gasteiger partial charge is 0.433 e. The summed E-state index contributed by atoms with van der Waals surface area (Å²) in [6.07, 6.45) is -2.72. The van der Waals surface area contributed by atoms with Gasteiger partial charge in [-0.25, -0.2) is 4.98 Å². The lowest BCUT2D eigenvalue weighted by Gasteiger charge is -2.18. The normalized spacial score (nSPS) is 21.7. The first-order chi connectivity index (χ1) is 10.8. The molecule has 1 fully saturated rings. The van der Waals surface area contributed by atoms with Crippen molar-refractivity contribution < 1.29 is 23.0 Å². The summed E-state index contributed by atoms with van der Waals surface area (Å²) in [7, 11) is 1.73. The Kier molecular flexibility index (Phi) is 3.88. The molecule has 6 nitrogen and oxygen atoms in total. The number of anilines is 1. The second kappa shape index (κ2) is 5.73. The van der Waals surface area contributed by atoms with Crippen molar-refractivity contribution in [2.45, 2.75) is 18.4 Å². The van der Waals surface area contributed by atoms with Crippen LogP contribution >= 0.6 is 0 Å². The van der Waals surface area contributed by atoms with E-state index < -0.39 is 24.1 Å². The number of hydrogen-bond acceptors (Lipinski definition) is 5. The topological polar surface area (TPSA) is 63.4 Å². The molecule has 2 aromatic heterocycles. The summed E-state index contributed by atoms with van der Waals surface area (Å²) in [5.41, 5.74) is -0.957. The minimum atomic E-state index is -4.50. The number of β-amino-alcohol motifs (C(OH)–C–C–N with tert-alkyl or cyclic N) is 1. The molecule has 0 amide bonds. The van der Waals surface area contributed by atoms with Gasteiger partial charge in [0.1, 0.15) is 23.7 Å². The predicted octanol–water partition coefficient (Wildman–Crippen LogP) is 1.46. The summed E-state index contributed by atoms with van der Waals surface area (Å²) < 4.78 is 45.4. The van der Waals surface area contributed by atoms with E-state index in [9.17, 15) is 18.3 Å². The number of halogens is 3. The molecule has 0 radical (unpaired) electrons. The molecule has 23 heavy (non-hydrogen) atoms. The van der Waals surface area contributed by atoms with E-state index in [0.29, 0.717) is 5.75 Å². The van der Waals surface area contributed by atoms with Crippen molar-refractivity contribution in [3.8, 4) is 5.75 Å². The Morgan fingerprint density at radius 1 is 1.30 bits per heavy atom. The van der Waals surface area contributed by atoms with Crippen LogP contribution in [0.1, 0.15) is 5.69 Å². The lowest BCUT2D eigenvalue weighted by atomic mass is 10.3. The number of alkyl halides is 3. The highest BCUT2D eigenvalue weighted by Crippen LogP contribution is 2.30. The molecule has 0 aliphatic carbocycles. The highest BCUT2D eigenvalue weighted by atomic mass is 19.4. The van der Waals surface area contributed by atoms with E-state index in [2.05, 4.69) is 10.1 Å². The third-order valence-corrected chi connectivity index (χ3v) is 3.55. The van der Waals surface area contributed by atoms with E-state index in [4.69, 9.17) is 4.74 Å². The van der Waals surface area contributed by atoms with E-state index in [1.807, 2.05) is 0 Å². The van der Waals surface area contributed by atoms with Crippen LogP contribution in [0.5, 0.6) is 5.75 Å². The Balaban J connectivity index is 1.73. The van der Waals surface area contributed by atoms with Crippen molar-refractivity contribution in [3.05, 3.63) is 36.3 Å². The van der Waals surface area contributed by atoms with Crippen molar-refractivity contribution in [2.24, 2.45) is 7.05 Å². The number of nitrogens with zero attached hydrogens (tertiary/aromatic N) is 4. The van der Waals surface area contributed by atoms with Gasteiger partial charge in [0.25, 0.3) is 0 Å². The van der Waals surface area contributed by atoms with Crippen LogP contribution in [0.4, 0.5) is 19.0 Å². The van der Waals surface area contributed by atoms with Gasteiger partial charge in [0.2, 0.25) is 0 Å². The molecule has 0 aromatic carbocycles. The third kappa shape index (κ3) is 3.39. The molecule has 2 aromatic rings. The van der Waals surface area contributed by atoms with Crippen molar-refractivity contribution in [3.63, 3.8) is 0 Å². The van der Waals surface area contributed by atoms with Gasteiger partial charge in [-0.15, -0.1) is 0 Å². The third-order valence-electron chi connectivity index (χ3n) is 3.55. The second-order valence-corrected chi connectivity index (χ2v) is 5.36. The van der Waals surface area contributed by atoms with Crippen molar-refractivity contribution in [1.29, 1.82) is 0 Å². The van der Waals surface area contributed by atoms with Gasteiger partial charge in [-0.05, 0) is 12.1 Å². The number of hydrogen-bond donors (Lipinski definition) is 1. The monoisotopic (exact) mass is 328 g/mol. The zero-order chi connectivity index (χ0) is 16.6. The number of pyridine rings is 1. The maximum atomic E-state index is 12.7. The van der Waals surface area contributed by atoms with Crippen LogP contribution in [0.2, 0.25) is 0 Å². The van der Waals surface area contributed by atoms with Gasteiger partial charge in [-0.3, -0.25) is 4.68 Å². The molecule has 3 rings (SSSR count). The first-order valence-electron chi connectivity index (χ1n) is 6.95. The average molecular weight is 328 g/mol. The fourth-order valence-electron chi connectivity index (χ4n) is 2.45. The standard InChI is InChI=1S/C14H15F3N4O2/c1-20-6-9(5-18-20)23-11-8-21(7-10(11)22)13-4-2-3-12(19-13)14(15,16)17/h2-6,10-11,22H,7-8H2,1H3/t10-,11-/m1/s1. The number of aryl methyl sites for hydroxylation is 1. The molecule has 1 N–H and O–H groups in total. The molecule has 2 atom stereocenters. The van der Waals surface area contributed by atoms with Gasteiger partial charge in [-0.2, -0.15) is 18.3 Å². The number of aliphatic hydroxyl groups excluding tert-OH is 1. The number of aliphatic hydroxyl groups is 1. The summed E-state index contributed by atoms with van der Waals surface area (Å²) in [5, 5.41) is 14.0. The molecule has 9 heteroatoms. The van der Waals surface area contributed by atoms with Crippen molar-refractivity contribution >= 4 is 5.82 Å². The SMILES string of the molecule is Cn1cc(O[C@@H]2CN(c3cccc(C(F)(F)F)n3)C[C@H]2O)cn1. The molecule has 124 valence electrons. The van der Waals surface area contributed by atoms with Gasteiger partial charge in [0, 0.05) is 13.6 Å². The van der Waals surface area contributed by atoms with Gasteiger partial charge in [-0.1, -0.05) is 6.07 Å².